The van der Waals surface area contributed by atoms with Crippen LogP contribution < -0.4 is 4.74 Å². The average Bonchev–Trinajstić information content (AvgIpc) is 3.71. The number of halogens is 1. The Labute approximate surface area is 215 Å². The first-order valence-electron chi connectivity index (χ1n) is 11.7. The first kappa shape index (κ1) is 22.3. The fourth-order valence-corrected chi connectivity index (χ4v) is 4.93. The zero-order valence-corrected chi connectivity index (χ0v) is 20.0. The number of pyridine rings is 2. The largest absolute Gasteiger partial charge is 0.456 e. The number of H-pyrrole nitrogens is 1. The summed E-state index contributed by atoms with van der Waals surface area (Å²) in [5.41, 5.74) is 4.56. The van der Waals surface area contributed by atoms with Gasteiger partial charge in [0, 0.05) is 17.3 Å². The molecule has 4 unspecified atom stereocenters. The van der Waals surface area contributed by atoms with Crippen molar-refractivity contribution in [2.45, 2.75) is 24.4 Å². The predicted molar refractivity (Wildman–Crippen MR) is 132 cm³/mol. The standard InChI is InChI=1S/C25H20ClN7O4/c26-16-9-17-24(32-25(30-17)37-19-12-36-22-18(34)11-35-23(19)22)31-21(16)14-3-1-13(2-4-14)15-5-6-20(27-10-15)33-28-7-8-29-33/h1-10,18-19,22-23,34H,11-12H2,(H,30,31,32). The molecule has 2 aliphatic rings. The van der Waals surface area contributed by atoms with E-state index in [0.717, 1.165) is 16.7 Å². The van der Waals surface area contributed by atoms with Crippen molar-refractivity contribution in [3.05, 3.63) is 66.1 Å². The maximum absolute atomic E-state index is 9.93. The number of hydrogen-bond acceptors (Lipinski definition) is 9. The lowest BCUT2D eigenvalue weighted by atomic mass is 10.0. The minimum absolute atomic E-state index is 0.235. The Morgan fingerprint density at radius 2 is 1.70 bits per heavy atom. The second kappa shape index (κ2) is 8.89. The summed E-state index contributed by atoms with van der Waals surface area (Å²) in [6.45, 7) is 0.548. The van der Waals surface area contributed by atoms with Crippen LogP contribution in [0.3, 0.4) is 0 Å². The zero-order valence-electron chi connectivity index (χ0n) is 19.2. The van der Waals surface area contributed by atoms with Crippen LogP contribution in [0.1, 0.15) is 0 Å². The van der Waals surface area contributed by atoms with Crippen LogP contribution in [0.15, 0.2) is 61.1 Å². The molecule has 6 heterocycles. The Morgan fingerprint density at radius 3 is 2.49 bits per heavy atom. The molecule has 0 saturated carbocycles. The van der Waals surface area contributed by atoms with Gasteiger partial charge in [-0.3, -0.25) is 0 Å². The number of benzene rings is 1. The van der Waals surface area contributed by atoms with Crippen molar-refractivity contribution in [1.29, 1.82) is 0 Å². The summed E-state index contributed by atoms with van der Waals surface area (Å²) in [4.78, 5) is 18.2. The molecule has 0 radical (unpaired) electrons. The fourth-order valence-electron chi connectivity index (χ4n) is 4.67. The van der Waals surface area contributed by atoms with E-state index in [1.54, 1.807) is 24.7 Å². The molecule has 0 bridgehead atoms. The smallest absolute Gasteiger partial charge is 0.296 e. The van der Waals surface area contributed by atoms with E-state index >= 15 is 0 Å². The van der Waals surface area contributed by atoms with Crippen LogP contribution in [0.5, 0.6) is 6.01 Å². The third-order valence-corrected chi connectivity index (χ3v) is 6.80. The van der Waals surface area contributed by atoms with Crippen molar-refractivity contribution in [2.75, 3.05) is 13.2 Å². The van der Waals surface area contributed by atoms with Gasteiger partial charge in [-0.25, -0.2) is 9.97 Å². The Balaban J connectivity index is 1.11. The number of rotatable bonds is 5. The highest BCUT2D eigenvalue weighted by Crippen LogP contribution is 2.33. The first-order chi connectivity index (χ1) is 18.1. The number of nitrogens with one attached hydrogen (secondary N) is 1. The highest BCUT2D eigenvalue weighted by Gasteiger charge is 2.48. The fraction of sp³-hybridized carbons (Fsp3) is 0.240. The maximum Gasteiger partial charge on any atom is 0.296 e. The van der Waals surface area contributed by atoms with Crippen molar-refractivity contribution in [1.82, 2.24) is 34.9 Å². The van der Waals surface area contributed by atoms with Gasteiger partial charge in [-0.15, -0.1) is 4.80 Å². The van der Waals surface area contributed by atoms with Crippen molar-refractivity contribution in [3.8, 4) is 34.2 Å². The number of aromatic nitrogens is 7. The van der Waals surface area contributed by atoms with Gasteiger partial charge in [-0.05, 0) is 23.8 Å². The van der Waals surface area contributed by atoms with E-state index in [2.05, 4.69) is 30.1 Å². The Morgan fingerprint density at radius 1 is 0.946 bits per heavy atom. The summed E-state index contributed by atoms with van der Waals surface area (Å²) in [6, 6.07) is 13.8. The van der Waals surface area contributed by atoms with E-state index in [1.807, 2.05) is 36.4 Å². The van der Waals surface area contributed by atoms with Crippen LogP contribution in [0.2, 0.25) is 5.02 Å². The lowest BCUT2D eigenvalue weighted by Crippen LogP contribution is -2.34. The molecule has 2 fully saturated rings. The second-order valence-corrected chi connectivity index (χ2v) is 9.26. The van der Waals surface area contributed by atoms with Crippen molar-refractivity contribution in [3.63, 3.8) is 0 Å². The van der Waals surface area contributed by atoms with Gasteiger partial charge in [-0.2, -0.15) is 15.2 Å². The van der Waals surface area contributed by atoms with E-state index in [-0.39, 0.29) is 24.9 Å². The van der Waals surface area contributed by atoms with Crippen LogP contribution in [-0.2, 0) is 9.47 Å². The number of aromatic amines is 1. The third kappa shape index (κ3) is 4.02. The second-order valence-electron chi connectivity index (χ2n) is 8.85. The maximum atomic E-state index is 9.93. The molecule has 5 aromatic rings. The summed E-state index contributed by atoms with van der Waals surface area (Å²) in [6.07, 6.45) is 3.28. The molecule has 1 aromatic carbocycles. The molecule has 12 heteroatoms. The molecule has 4 atom stereocenters. The molecule has 11 nitrogen and oxygen atoms in total. The molecule has 7 rings (SSSR count). The summed E-state index contributed by atoms with van der Waals surface area (Å²) in [5.74, 6) is 0.644. The first-order valence-corrected chi connectivity index (χ1v) is 12.1. The molecular weight excluding hydrogens is 498 g/mol. The molecule has 2 saturated heterocycles. The van der Waals surface area contributed by atoms with Gasteiger partial charge in [0.05, 0.1) is 41.8 Å². The monoisotopic (exact) mass is 517 g/mol. The summed E-state index contributed by atoms with van der Waals surface area (Å²) < 4.78 is 17.2. The predicted octanol–water partition coefficient (Wildman–Crippen LogP) is 2.83. The van der Waals surface area contributed by atoms with Crippen LogP contribution >= 0.6 is 11.6 Å². The van der Waals surface area contributed by atoms with Crippen LogP contribution in [-0.4, -0.2) is 77.7 Å². The molecule has 186 valence electrons. The van der Waals surface area contributed by atoms with Gasteiger partial charge in [0.2, 0.25) is 0 Å². The number of ether oxygens (including phenoxy) is 3. The highest BCUT2D eigenvalue weighted by atomic mass is 35.5. The Kier molecular flexibility index (Phi) is 5.36. The molecule has 0 aliphatic carbocycles. The van der Waals surface area contributed by atoms with Crippen molar-refractivity contribution >= 4 is 22.8 Å². The van der Waals surface area contributed by atoms with E-state index in [4.69, 9.17) is 25.8 Å². The number of fused-ring (bicyclic) bond motifs is 2. The van der Waals surface area contributed by atoms with Gasteiger partial charge < -0.3 is 24.3 Å². The molecule has 4 aromatic heterocycles. The quantitative estimate of drug-likeness (QED) is 0.361. The van der Waals surface area contributed by atoms with Gasteiger partial charge in [0.25, 0.3) is 6.01 Å². The molecular formula is C25H20ClN7O4. The van der Waals surface area contributed by atoms with Crippen molar-refractivity contribution in [2.24, 2.45) is 0 Å². The number of hydrogen-bond donors (Lipinski definition) is 2. The molecule has 37 heavy (non-hydrogen) atoms. The van der Waals surface area contributed by atoms with E-state index in [1.165, 1.54) is 4.80 Å². The molecule has 2 aliphatic heterocycles. The molecule has 2 N–H and O–H groups in total. The Bertz CT molecular complexity index is 1560. The van der Waals surface area contributed by atoms with E-state index in [9.17, 15) is 5.11 Å². The lowest BCUT2D eigenvalue weighted by Gasteiger charge is -2.15. The van der Waals surface area contributed by atoms with Crippen LogP contribution in [0.4, 0.5) is 0 Å². The normalized spacial score (nSPS) is 23.0. The zero-order chi connectivity index (χ0) is 24.9. The van der Waals surface area contributed by atoms with Gasteiger partial charge in [-0.1, -0.05) is 35.9 Å². The molecule has 0 amide bonds. The summed E-state index contributed by atoms with van der Waals surface area (Å²) >= 11 is 6.59. The van der Waals surface area contributed by atoms with Crippen molar-refractivity contribution < 1.29 is 19.3 Å². The topological polar surface area (TPSA) is 133 Å². The van der Waals surface area contributed by atoms with Crippen LogP contribution in [0.25, 0.3) is 39.4 Å². The summed E-state index contributed by atoms with van der Waals surface area (Å²) in [5, 5.41) is 18.6. The molecule has 0 spiro atoms. The van der Waals surface area contributed by atoms with Crippen LogP contribution in [0, 0.1) is 0 Å². The highest BCUT2D eigenvalue weighted by molar-refractivity contribution is 6.33. The number of aliphatic hydroxyl groups is 1. The lowest BCUT2D eigenvalue weighted by molar-refractivity contribution is 0.00706. The summed E-state index contributed by atoms with van der Waals surface area (Å²) in [7, 11) is 0. The van der Waals surface area contributed by atoms with Gasteiger partial charge in [0.15, 0.2) is 17.6 Å². The SMILES string of the molecule is OC1COC2C(Oc3nc4nc(-c5ccc(-c6ccc(-n7nccn7)nc6)cc5)c(Cl)cc4[nH]3)COC12. The van der Waals surface area contributed by atoms with Gasteiger partial charge in [0.1, 0.15) is 18.3 Å². The number of aliphatic hydroxyl groups excluding tert-OH is 1. The van der Waals surface area contributed by atoms with E-state index < -0.39 is 6.10 Å². The Hall–Kier alpha value is -3.90. The minimum Gasteiger partial charge on any atom is -0.456 e. The average molecular weight is 518 g/mol. The van der Waals surface area contributed by atoms with Gasteiger partial charge >= 0.3 is 0 Å². The number of imidazole rings is 1. The van der Waals surface area contributed by atoms with E-state index in [0.29, 0.717) is 40.3 Å². The number of nitrogens with zero attached hydrogens (tertiary/aromatic N) is 6. The minimum atomic E-state index is -0.640. The third-order valence-electron chi connectivity index (χ3n) is 6.51.